The van der Waals surface area contributed by atoms with Crippen LogP contribution < -0.4 is 9.47 Å². The van der Waals surface area contributed by atoms with Gasteiger partial charge in [0.2, 0.25) is 0 Å². The lowest BCUT2D eigenvalue weighted by Crippen LogP contribution is -1.96. The smallest absolute Gasteiger partial charge is 0.162 e. The topological polar surface area (TPSA) is 64.2 Å². The number of hydrogen-bond acceptors (Lipinski definition) is 4. The Morgan fingerprint density at radius 1 is 1.33 bits per heavy atom. The SMILES string of the molecule is COc1cc(OC)c2c(C(C)=O)cn(CCCC#N)c2c1. The van der Waals surface area contributed by atoms with Crippen LogP contribution in [0.15, 0.2) is 18.3 Å². The highest BCUT2D eigenvalue weighted by atomic mass is 16.5. The molecular formula is C16H18N2O3. The van der Waals surface area contributed by atoms with E-state index in [1.807, 2.05) is 16.8 Å². The van der Waals surface area contributed by atoms with E-state index < -0.39 is 0 Å². The molecule has 0 fully saturated rings. The highest BCUT2D eigenvalue weighted by Crippen LogP contribution is 2.35. The second-order valence-electron chi connectivity index (χ2n) is 4.78. The zero-order valence-corrected chi connectivity index (χ0v) is 12.5. The van der Waals surface area contributed by atoms with Crippen molar-refractivity contribution in [1.82, 2.24) is 4.57 Å². The van der Waals surface area contributed by atoms with E-state index in [2.05, 4.69) is 6.07 Å². The number of Topliss-reactive ketones (excluding diaryl/α,β-unsaturated/α-hetero) is 1. The zero-order chi connectivity index (χ0) is 15.4. The van der Waals surface area contributed by atoms with Crippen LogP contribution in [0.1, 0.15) is 30.1 Å². The Labute approximate surface area is 123 Å². The first-order valence-electron chi connectivity index (χ1n) is 6.75. The number of methoxy groups -OCH3 is 2. The van der Waals surface area contributed by atoms with Crippen molar-refractivity contribution in [3.63, 3.8) is 0 Å². The van der Waals surface area contributed by atoms with Crippen LogP contribution in [0.2, 0.25) is 0 Å². The summed E-state index contributed by atoms with van der Waals surface area (Å²) in [5.74, 6) is 1.28. The number of fused-ring (bicyclic) bond motifs is 1. The summed E-state index contributed by atoms with van der Waals surface area (Å²) >= 11 is 0. The van der Waals surface area contributed by atoms with Crippen LogP contribution in [-0.4, -0.2) is 24.6 Å². The van der Waals surface area contributed by atoms with Crippen LogP contribution >= 0.6 is 0 Å². The standard InChI is InChI=1S/C16H18N2O3/c1-11(19)13-10-18(7-5-4-6-17)14-8-12(20-2)9-15(21-3)16(13)14/h8-10H,4-5,7H2,1-3H3. The second kappa shape index (κ2) is 6.31. The minimum atomic E-state index is -0.0116. The molecule has 110 valence electrons. The summed E-state index contributed by atoms with van der Waals surface area (Å²) in [6.07, 6.45) is 3.04. The molecule has 1 heterocycles. The molecule has 0 saturated heterocycles. The highest BCUT2D eigenvalue weighted by Gasteiger charge is 2.17. The average Bonchev–Trinajstić information content (AvgIpc) is 2.85. The van der Waals surface area contributed by atoms with Crippen molar-refractivity contribution in [2.75, 3.05) is 14.2 Å². The Kier molecular flexibility index (Phi) is 4.49. The predicted molar refractivity (Wildman–Crippen MR) is 79.9 cm³/mol. The van der Waals surface area contributed by atoms with Gasteiger partial charge in [0, 0.05) is 36.9 Å². The third-order valence-electron chi connectivity index (χ3n) is 3.44. The number of aromatic nitrogens is 1. The van der Waals surface area contributed by atoms with Crippen molar-refractivity contribution in [1.29, 1.82) is 5.26 Å². The molecule has 0 spiro atoms. The molecule has 0 radical (unpaired) electrons. The van der Waals surface area contributed by atoms with Gasteiger partial charge in [-0.15, -0.1) is 0 Å². The maximum absolute atomic E-state index is 11.9. The first kappa shape index (κ1) is 14.9. The molecule has 0 bridgehead atoms. The molecule has 0 saturated carbocycles. The van der Waals surface area contributed by atoms with E-state index in [0.717, 1.165) is 17.3 Å². The number of nitriles is 1. The van der Waals surface area contributed by atoms with Gasteiger partial charge in [-0.1, -0.05) is 0 Å². The van der Waals surface area contributed by atoms with E-state index in [1.165, 1.54) is 6.92 Å². The molecule has 5 heteroatoms. The molecule has 21 heavy (non-hydrogen) atoms. The Balaban J connectivity index is 2.63. The molecule has 0 N–H and O–H groups in total. The van der Waals surface area contributed by atoms with Gasteiger partial charge < -0.3 is 14.0 Å². The highest BCUT2D eigenvalue weighted by molar-refractivity contribution is 6.09. The number of aryl methyl sites for hydroxylation is 1. The monoisotopic (exact) mass is 286 g/mol. The molecule has 0 aliphatic rings. The lowest BCUT2D eigenvalue weighted by Gasteiger charge is -2.09. The molecule has 0 unspecified atom stereocenters. The average molecular weight is 286 g/mol. The normalized spacial score (nSPS) is 10.4. The second-order valence-corrected chi connectivity index (χ2v) is 4.78. The zero-order valence-electron chi connectivity index (χ0n) is 12.5. The number of unbranched alkanes of at least 4 members (excludes halogenated alkanes) is 1. The van der Waals surface area contributed by atoms with E-state index in [-0.39, 0.29) is 5.78 Å². The Morgan fingerprint density at radius 2 is 2.10 bits per heavy atom. The number of hydrogen-bond donors (Lipinski definition) is 0. The maximum atomic E-state index is 11.9. The first-order valence-corrected chi connectivity index (χ1v) is 6.75. The molecular weight excluding hydrogens is 268 g/mol. The fourth-order valence-electron chi connectivity index (χ4n) is 2.42. The van der Waals surface area contributed by atoms with Crippen LogP contribution in [0.5, 0.6) is 11.5 Å². The number of benzene rings is 1. The van der Waals surface area contributed by atoms with E-state index in [9.17, 15) is 4.79 Å². The third-order valence-corrected chi connectivity index (χ3v) is 3.44. The van der Waals surface area contributed by atoms with Gasteiger partial charge in [0.1, 0.15) is 11.5 Å². The molecule has 2 rings (SSSR count). The van der Waals surface area contributed by atoms with E-state index >= 15 is 0 Å². The fourth-order valence-corrected chi connectivity index (χ4v) is 2.42. The molecule has 1 aromatic carbocycles. The maximum Gasteiger partial charge on any atom is 0.162 e. The molecule has 2 aromatic rings. The van der Waals surface area contributed by atoms with Crippen molar-refractivity contribution >= 4 is 16.7 Å². The van der Waals surface area contributed by atoms with Gasteiger partial charge in [0.25, 0.3) is 0 Å². The predicted octanol–water partition coefficient (Wildman–Crippen LogP) is 3.16. The summed E-state index contributed by atoms with van der Waals surface area (Å²) in [7, 11) is 3.17. The number of nitrogens with zero attached hydrogens (tertiary/aromatic N) is 2. The van der Waals surface area contributed by atoms with Crippen LogP contribution in [-0.2, 0) is 6.54 Å². The Morgan fingerprint density at radius 3 is 2.67 bits per heavy atom. The molecule has 1 aromatic heterocycles. The minimum absolute atomic E-state index is 0.0116. The third kappa shape index (κ3) is 2.84. The molecule has 0 atom stereocenters. The molecule has 0 aliphatic carbocycles. The number of ketones is 1. The fraction of sp³-hybridized carbons (Fsp3) is 0.375. The van der Waals surface area contributed by atoms with Gasteiger partial charge >= 0.3 is 0 Å². The first-order chi connectivity index (χ1) is 10.1. The van der Waals surface area contributed by atoms with Crippen LogP contribution in [0.3, 0.4) is 0 Å². The summed E-state index contributed by atoms with van der Waals surface area (Å²) in [6, 6.07) is 5.79. The van der Waals surface area contributed by atoms with Crippen molar-refractivity contribution < 1.29 is 14.3 Å². The van der Waals surface area contributed by atoms with Gasteiger partial charge in [0.05, 0.1) is 31.2 Å². The van der Waals surface area contributed by atoms with Gasteiger partial charge in [-0.2, -0.15) is 5.26 Å². The largest absolute Gasteiger partial charge is 0.497 e. The Bertz CT molecular complexity index is 710. The van der Waals surface area contributed by atoms with Crippen molar-refractivity contribution in [3.8, 4) is 17.6 Å². The van der Waals surface area contributed by atoms with E-state index in [0.29, 0.717) is 30.0 Å². The van der Waals surface area contributed by atoms with Crippen LogP contribution in [0, 0.1) is 11.3 Å². The molecule has 0 aliphatic heterocycles. The summed E-state index contributed by atoms with van der Waals surface area (Å²) in [4.78, 5) is 11.9. The van der Waals surface area contributed by atoms with E-state index in [1.54, 1.807) is 20.3 Å². The summed E-state index contributed by atoms with van der Waals surface area (Å²) < 4.78 is 12.7. The number of carbonyl (C=O) groups excluding carboxylic acids is 1. The van der Waals surface area contributed by atoms with Gasteiger partial charge in [-0.3, -0.25) is 4.79 Å². The van der Waals surface area contributed by atoms with Crippen LogP contribution in [0.25, 0.3) is 10.9 Å². The van der Waals surface area contributed by atoms with Crippen molar-refractivity contribution in [2.24, 2.45) is 0 Å². The van der Waals surface area contributed by atoms with Crippen molar-refractivity contribution in [2.45, 2.75) is 26.3 Å². The quantitative estimate of drug-likeness (QED) is 0.604. The summed E-state index contributed by atoms with van der Waals surface area (Å²) in [5, 5.41) is 9.46. The lowest BCUT2D eigenvalue weighted by molar-refractivity contribution is 0.101. The van der Waals surface area contributed by atoms with Crippen molar-refractivity contribution in [3.05, 3.63) is 23.9 Å². The van der Waals surface area contributed by atoms with Gasteiger partial charge in [0.15, 0.2) is 5.78 Å². The van der Waals surface area contributed by atoms with Crippen LogP contribution in [0.4, 0.5) is 0 Å². The number of ether oxygens (including phenoxy) is 2. The lowest BCUT2D eigenvalue weighted by atomic mass is 10.1. The van der Waals surface area contributed by atoms with E-state index in [4.69, 9.17) is 14.7 Å². The summed E-state index contributed by atoms with van der Waals surface area (Å²) in [6.45, 7) is 2.21. The number of carbonyl (C=O) groups is 1. The Hall–Kier alpha value is -2.48. The summed E-state index contributed by atoms with van der Waals surface area (Å²) in [5.41, 5.74) is 1.51. The molecule has 5 nitrogen and oxygen atoms in total. The van der Waals surface area contributed by atoms with Gasteiger partial charge in [-0.25, -0.2) is 0 Å². The van der Waals surface area contributed by atoms with Gasteiger partial charge in [-0.05, 0) is 13.3 Å². The molecule has 0 amide bonds. The minimum Gasteiger partial charge on any atom is -0.497 e. The number of rotatable bonds is 6.